The number of benzene rings is 1. The maximum atomic E-state index is 12.6. The number of amides is 2. The fraction of sp³-hybridized carbons (Fsp3) is 0.286. The van der Waals surface area contributed by atoms with Crippen LogP contribution in [0.5, 0.6) is 0 Å². The van der Waals surface area contributed by atoms with Crippen LogP contribution in [0.15, 0.2) is 23.0 Å². The molecule has 9 heteroatoms. The van der Waals surface area contributed by atoms with Gasteiger partial charge in [0.15, 0.2) is 0 Å². The molecule has 4 rings (SSSR count). The summed E-state index contributed by atoms with van der Waals surface area (Å²) in [4.78, 5) is 59.6. The van der Waals surface area contributed by atoms with Gasteiger partial charge in [-0.15, -0.1) is 11.3 Å². The number of aromatic nitrogens is 2. The number of aromatic amines is 1. The van der Waals surface area contributed by atoms with Crippen LogP contribution < -0.4 is 5.56 Å². The van der Waals surface area contributed by atoms with Crippen molar-refractivity contribution in [2.75, 3.05) is 0 Å². The van der Waals surface area contributed by atoms with Gasteiger partial charge in [0, 0.05) is 4.88 Å². The van der Waals surface area contributed by atoms with Crippen molar-refractivity contribution in [3.05, 3.63) is 61.5 Å². The Labute approximate surface area is 175 Å². The second kappa shape index (κ2) is 7.17. The zero-order valence-corrected chi connectivity index (χ0v) is 17.7. The molecular weight excluding hydrogens is 406 g/mol. The number of H-pyrrole nitrogens is 1. The van der Waals surface area contributed by atoms with Crippen LogP contribution >= 0.6 is 11.3 Å². The minimum absolute atomic E-state index is 0.201. The van der Waals surface area contributed by atoms with Gasteiger partial charge >= 0.3 is 5.97 Å². The molecule has 0 fully saturated rings. The van der Waals surface area contributed by atoms with Crippen LogP contribution in [0, 0.1) is 20.8 Å². The monoisotopic (exact) mass is 425 g/mol. The highest BCUT2D eigenvalue weighted by Gasteiger charge is 2.41. The summed E-state index contributed by atoms with van der Waals surface area (Å²) in [6, 6.07) is 3.84. The fourth-order valence-electron chi connectivity index (χ4n) is 3.46. The number of nitrogens with zero attached hydrogens (tertiary/aromatic N) is 2. The zero-order valence-electron chi connectivity index (χ0n) is 16.9. The largest absolute Gasteiger partial charge is 0.456 e. The summed E-state index contributed by atoms with van der Waals surface area (Å²) in [6.07, 6.45) is 0. The Morgan fingerprint density at radius 1 is 1.17 bits per heavy atom. The molecule has 1 aliphatic heterocycles. The molecule has 154 valence electrons. The van der Waals surface area contributed by atoms with Crippen LogP contribution in [-0.2, 0) is 16.1 Å². The van der Waals surface area contributed by atoms with Crippen molar-refractivity contribution < 1.29 is 19.1 Å². The van der Waals surface area contributed by atoms with E-state index in [0.717, 1.165) is 20.9 Å². The maximum absolute atomic E-state index is 12.6. The van der Waals surface area contributed by atoms with Crippen LogP contribution in [0.3, 0.4) is 0 Å². The number of carbonyl (C=O) groups excluding carboxylic acids is 3. The van der Waals surface area contributed by atoms with E-state index >= 15 is 0 Å². The van der Waals surface area contributed by atoms with E-state index in [4.69, 9.17) is 4.74 Å². The predicted octanol–water partition coefficient (Wildman–Crippen LogP) is 2.64. The standard InChI is InChI=1S/C21H19N3O5S/c1-9-5-6-13-14(7-9)20(27)24(19(13)26)11(3)21(28)29-8-15-22-17(25)16-10(2)12(4)30-18(16)23-15/h5-7,11H,8H2,1-4H3,(H,22,23,25)/t11-/m1/s1. The summed E-state index contributed by atoms with van der Waals surface area (Å²) in [5, 5.41) is 0.530. The third-order valence-electron chi connectivity index (χ3n) is 5.24. The SMILES string of the molecule is Cc1ccc2c(c1)C(=O)N([C@H](C)C(=O)OCc1nc3sc(C)c(C)c3c(=O)[nH]1)C2=O. The molecule has 8 nitrogen and oxygen atoms in total. The molecule has 0 spiro atoms. The number of hydrogen-bond acceptors (Lipinski definition) is 7. The van der Waals surface area contributed by atoms with E-state index in [0.29, 0.717) is 10.2 Å². The van der Waals surface area contributed by atoms with Crippen molar-refractivity contribution in [2.24, 2.45) is 0 Å². The number of carbonyl (C=O) groups is 3. The zero-order chi connectivity index (χ0) is 21.7. The number of fused-ring (bicyclic) bond motifs is 2. The first kappa shape index (κ1) is 20.0. The van der Waals surface area contributed by atoms with E-state index < -0.39 is 23.8 Å². The number of imide groups is 1. The first-order valence-electron chi connectivity index (χ1n) is 9.33. The number of esters is 1. The van der Waals surface area contributed by atoms with E-state index in [1.165, 1.54) is 18.3 Å². The molecule has 1 N–H and O–H groups in total. The summed E-state index contributed by atoms with van der Waals surface area (Å²) < 4.78 is 5.25. The van der Waals surface area contributed by atoms with Crippen molar-refractivity contribution >= 4 is 39.3 Å². The van der Waals surface area contributed by atoms with Gasteiger partial charge in [-0.2, -0.15) is 0 Å². The summed E-state index contributed by atoms with van der Waals surface area (Å²) in [5.41, 5.74) is 1.97. The number of aryl methyl sites for hydroxylation is 3. The third kappa shape index (κ3) is 3.11. The lowest BCUT2D eigenvalue weighted by molar-refractivity contribution is -0.149. The quantitative estimate of drug-likeness (QED) is 0.508. The first-order chi connectivity index (χ1) is 14.2. The lowest BCUT2D eigenvalue weighted by atomic mass is 10.1. The second-order valence-electron chi connectivity index (χ2n) is 7.29. The number of hydrogen-bond donors (Lipinski definition) is 1. The van der Waals surface area contributed by atoms with Crippen LogP contribution in [-0.4, -0.2) is 38.7 Å². The number of thiophene rings is 1. The highest BCUT2D eigenvalue weighted by Crippen LogP contribution is 2.27. The van der Waals surface area contributed by atoms with E-state index in [1.54, 1.807) is 18.2 Å². The Hall–Kier alpha value is -3.33. The summed E-state index contributed by atoms with van der Waals surface area (Å²) in [7, 11) is 0. The van der Waals surface area contributed by atoms with Gasteiger partial charge < -0.3 is 9.72 Å². The average molecular weight is 425 g/mol. The van der Waals surface area contributed by atoms with Gasteiger partial charge in [0.2, 0.25) is 0 Å². The van der Waals surface area contributed by atoms with Crippen LogP contribution in [0.25, 0.3) is 10.2 Å². The van der Waals surface area contributed by atoms with Gasteiger partial charge in [-0.3, -0.25) is 19.3 Å². The van der Waals surface area contributed by atoms with Crippen molar-refractivity contribution in [1.29, 1.82) is 0 Å². The second-order valence-corrected chi connectivity index (χ2v) is 8.49. The molecular formula is C21H19N3O5S. The van der Waals surface area contributed by atoms with Crippen molar-refractivity contribution in [2.45, 2.75) is 40.3 Å². The molecule has 30 heavy (non-hydrogen) atoms. The summed E-state index contributed by atoms with van der Waals surface area (Å²) in [5.74, 6) is -1.62. The van der Waals surface area contributed by atoms with Gasteiger partial charge in [-0.05, 0) is 45.4 Å². The Kier molecular flexibility index (Phi) is 4.77. The van der Waals surface area contributed by atoms with Gasteiger partial charge in [0.1, 0.15) is 23.3 Å². The molecule has 1 atom stereocenters. The fourth-order valence-corrected chi connectivity index (χ4v) is 4.51. The summed E-state index contributed by atoms with van der Waals surface area (Å²) >= 11 is 1.39. The topological polar surface area (TPSA) is 109 Å². The van der Waals surface area contributed by atoms with Crippen LogP contribution in [0.2, 0.25) is 0 Å². The van der Waals surface area contributed by atoms with Gasteiger partial charge in [-0.25, -0.2) is 9.78 Å². The Bertz CT molecular complexity index is 1290. The number of nitrogens with one attached hydrogen (secondary N) is 1. The third-order valence-corrected chi connectivity index (χ3v) is 6.34. The van der Waals surface area contributed by atoms with E-state index in [-0.39, 0.29) is 29.1 Å². The number of rotatable bonds is 4. The smallest absolute Gasteiger partial charge is 0.329 e. The van der Waals surface area contributed by atoms with Crippen molar-refractivity contribution in [1.82, 2.24) is 14.9 Å². The van der Waals surface area contributed by atoms with Gasteiger partial charge in [-0.1, -0.05) is 11.6 Å². The maximum Gasteiger partial charge on any atom is 0.329 e. The van der Waals surface area contributed by atoms with Crippen molar-refractivity contribution in [3.8, 4) is 0 Å². The molecule has 1 aromatic carbocycles. The van der Waals surface area contributed by atoms with E-state index in [9.17, 15) is 19.2 Å². The normalized spacial score (nSPS) is 14.3. The number of ether oxygens (including phenoxy) is 1. The molecule has 1 aliphatic rings. The molecule has 0 unspecified atom stereocenters. The Morgan fingerprint density at radius 2 is 1.87 bits per heavy atom. The van der Waals surface area contributed by atoms with E-state index in [1.807, 2.05) is 20.8 Å². The molecule has 2 aromatic heterocycles. The van der Waals surface area contributed by atoms with Crippen LogP contribution in [0.4, 0.5) is 0 Å². The lowest BCUT2D eigenvalue weighted by Gasteiger charge is -2.20. The Balaban J connectivity index is 1.51. The van der Waals surface area contributed by atoms with Crippen LogP contribution in [0.1, 0.15) is 49.5 Å². The predicted molar refractivity (Wildman–Crippen MR) is 111 cm³/mol. The average Bonchev–Trinajstić information content (AvgIpc) is 3.12. The van der Waals surface area contributed by atoms with E-state index in [2.05, 4.69) is 9.97 Å². The molecule has 0 radical (unpaired) electrons. The van der Waals surface area contributed by atoms with Crippen molar-refractivity contribution in [3.63, 3.8) is 0 Å². The minimum Gasteiger partial charge on any atom is -0.456 e. The lowest BCUT2D eigenvalue weighted by Crippen LogP contribution is -2.43. The Morgan fingerprint density at radius 3 is 2.60 bits per heavy atom. The highest BCUT2D eigenvalue weighted by atomic mass is 32.1. The molecule has 0 aliphatic carbocycles. The minimum atomic E-state index is -1.11. The molecule has 0 saturated carbocycles. The molecule has 3 aromatic rings. The molecule has 0 bridgehead atoms. The molecule has 3 heterocycles. The van der Waals surface area contributed by atoms with Gasteiger partial charge in [0.25, 0.3) is 17.4 Å². The first-order valence-corrected chi connectivity index (χ1v) is 10.1. The molecule has 0 saturated heterocycles. The molecule has 2 amide bonds. The van der Waals surface area contributed by atoms with Gasteiger partial charge in [0.05, 0.1) is 16.5 Å². The highest BCUT2D eigenvalue weighted by molar-refractivity contribution is 7.18. The summed E-state index contributed by atoms with van der Waals surface area (Å²) in [6.45, 7) is 6.75.